The van der Waals surface area contributed by atoms with E-state index in [1.165, 1.54) is 0 Å². The van der Waals surface area contributed by atoms with E-state index in [0.29, 0.717) is 20.4 Å². The minimum atomic E-state index is -1.19. The van der Waals surface area contributed by atoms with Crippen molar-refractivity contribution in [3.63, 3.8) is 0 Å². The van der Waals surface area contributed by atoms with Crippen LogP contribution in [0.2, 0.25) is 0 Å². The predicted octanol–water partition coefficient (Wildman–Crippen LogP) is 2.64. The van der Waals surface area contributed by atoms with Gasteiger partial charge in [-0.15, -0.1) is 0 Å². The molecule has 0 aliphatic heterocycles. The predicted molar refractivity (Wildman–Crippen MR) is 92.2 cm³/mol. The zero-order valence-corrected chi connectivity index (χ0v) is 14.4. The molecule has 2 heterocycles. The summed E-state index contributed by atoms with van der Waals surface area (Å²) < 4.78 is 5.10. The molecule has 7 nitrogen and oxygen atoms in total. The number of hydrogen-bond acceptors (Lipinski definition) is 6. The number of nitrogens with one attached hydrogen (secondary N) is 1. The molecule has 3 aromatic rings. The second kappa shape index (κ2) is 6.54. The van der Waals surface area contributed by atoms with Crippen molar-refractivity contribution in [2.45, 2.75) is 0 Å². The largest absolute Gasteiger partial charge is 0.504 e. The van der Waals surface area contributed by atoms with E-state index < -0.39 is 18.4 Å². The smallest absolute Gasteiger partial charge is 0.322 e. The maximum Gasteiger partial charge on any atom is 0.322 e. The Kier molecular flexibility index (Phi) is 4.45. The molecule has 0 spiro atoms. The summed E-state index contributed by atoms with van der Waals surface area (Å²) in [7, 11) is 0. The van der Waals surface area contributed by atoms with Crippen LogP contribution in [0.25, 0.3) is 21.3 Å². The van der Waals surface area contributed by atoms with Crippen LogP contribution in [0.4, 0.5) is 0 Å². The number of carbonyl (C=O) groups excluding carboxylic acids is 1. The van der Waals surface area contributed by atoms with Crippen LogP contribution in [-0.2, 0) is 4.79 Å². The van der Waals surface area contributed by atoms with E-state index in [9.17, 15) is 14.7 Å². The number of halogens is 1. The van der Waals surface area contributed by atoms with Crippen molar-refractivity contribution in [3.05, 3.63) is 40.6 Å². The number of nitrogens with zero attached hydrogens (tertiary/aromatic N) is 2. The number of aromatic hydroxyl groups is 1. The van der Waals surface area contributed by atoms with Crippen molar-refractivity contribution in [2.75, 3.05) is 6.54 Å². The highest BCUT2D eigenvalue weighted by Gasteiger charge is 2.23. The van der Waals surface area contributed by atoms with E-state index in [0.717, 1.165) is 17.1 Å². The number of carbonyl (C=O) groups is 2. The lowest BCUT2D eigenvalue weighted by molar-refractivity contribution is -0.135. The molecule has 122 valence electrons. The van der Waals surface area contributed by atoms with Crippen molar-refractivity contribution >= 4 is 49.4 Å². The number of carboxylic acid groups (broad SMARTS) is 1. The fraction of sp³-hybridized carbons (Fsp3) is 0.0667. The number of aliphatic carboxylic acids is 1. The van der Waals surface area contributed by atoms with Gasteiger partial charge in [-0.2, -0.15) is 4.37 Å². The molecule has 0 fully saturated rings. The van der Waals surface area contributed by atoms with E-state index >= 15 is 0 Å². The van der Waals surface area contributed by atoms with Crippen LogP contribution in [0, 0.1) is 0 Å². The number of fused-ring (bicyclic) bond motifs is 1. The monoisotopic (exact) mass is 407 g/mol. The van der Waals surface area contributed by atoms with E-state index in [-0.39, 0.29) is 11.4 Å². The SMILES string of the molecule is O=C(O)CNC(=O)c1nc(Br)c2c(-c3ccccc3)nsc2c1O. The molecule has 0 atom stereocenters. The number of carboxylic acids is 1. The summed E-state index contributed by atoms with van der Waals surface area (Å²) >= 11 is 4.34. The Morgan fingerprint density at radius 1 is 1.25 bits per heavy atom. The number of rotatable bonds is 4. The minimum Gasteiger partial charge on any atom is -0.504 e. The first kappa shape index (κ1) is 16.3. The lowest BCUT2D eigenvalue weighted by Gasteiger charge is -2.07. The van der Waals surface area contributed by atoms with E-state index in [4.69, 9.17) is 5.11 Å². The summed E-state index contributed by atoms with van der Waals surface area (Å²) in [5, 5.41) is 21.7. The molecule has 9 heteroatoms. The Bertz CT molecular complexity index is 943. The van der Waals surface area contributed by atoms with Crippen LogP contribution in [0.5, 0.6) is 5.75 Å². The molecule has 0 saturated carbocycles. The molecule has 0 saturated heterocycles. The van der Waals surface area contributed by atoms with Crippen molar-refractivity contribution in [2.24, 2.45) is 0 Å². The summed E-state index contributed by atoms with van der Waals surface area (Å²) in [5.74, 6) is -2.28. The summed E-state index contributed by atoms with van der Waals surface area (Å²) in [6, 6.07) is 9.38. The highest BCUT2D eigenvalue weighted by molar-refractivity contribution is 9.10. The van der Waals surface area contributed by atoms with Gasteiger partial charge in [0.25, 0.3) is 5.91 Å². The van der Waals surface area contributed by atoms with Crippen LogP contribution in [0.15, 0.2) is 34.9 Å². The average molecular weight is 408 g/mol. The molecule has 0 radical (unpaired) electrons. The van der Waals surface area contributed by atoms with Crippen LogP contribution in [0.3, 0.4) is 0 Å². The van der Waals surface area contributed by atoms with Crippen LogP contribution in [0.1, 0.15) is 10.5 Å². The molecule has 1 amide bonds. The van der Waals surface area contributed by atoms with Gasteiger partial charge in [-0.1, -0.05) is 30.3 Å². The van der Waals surface area contributed by atoms with Crippen molar-refractivity contribution in [3.8, 4) is 17.0 Å². The second-order valence-electron chi connectivity index (χ2n) is 4.78. The van der Waals surface area contributed by atoms with Gasteiger partial charge < -0.3 is 15.5 Å². The molecule has 0 bridgehead atoms. The van der Waals surface area contributed by atoms with Crippen molar-refractivity contribution < 1.29 is 19.8 Å². The fourth-order valence-corrected chi connectivity index (χ4v) is 3.69. The van der Waals surface area contributed by atoms with Gasteiger partial charge in [-0.05, 0) is 27.5 Å². The topological polar surface area (TPSA) is 112 Å². The summed E-state index contributed by atoms with van der Waals surface area (Å²) in [5.41, 5.74) is 1.25. The number of hydrogen-bond donors (Lipinski definition) is 3. The summed E-state index contributed by atoms with van der Waals surface area (Å²) in [6.45, 7) is -0.562. The Labute approximate surface area is 148 Å². The molecular formula is C15H10BrN3O4S. The van der Waals surface area contributed by atoms with Gasteiger partial charge in [0, 0.05) is 5.56 Å². The van der Waals surface area contributed by atoms with Crippen LogP contribution in [-0.4, -0.2) is 38.0 Å². The van der Waals surface area contributed by atoms with E-state index in [2.05, 4.69) is 30.6 Å². The van der Waals surface area contributed by atoms with Crippen LogP contribution >= 0.6 is 27.5 Å². The Hall–Kier alpha value is -2.52. The molecule has 1 aromatic carbocycles. The molecule has 0 aliphatic carbocycles. The van der Waals surface area contributed by atoms with Gasteiger partial charge in [0.15, 0.2) is 11.4 Å². The first-order valence-electron chi connectivity index (χ1n) is 6.72. The van der Waals surface area contributed by atoms with Crippen molar-refractivity contribution in [1.82, 2.24) is 14.7 Å². The molecule has 3 rings (SSSR count). The van der Waals surface area contributed by atoms with Gasteiger partial charge in [0.1, 0.15) is 15.8 Å². The lowest BCUT2D eigenvalue weighted by atomic mass is 10.1. The minimum absolute atomic E-state index is 0.251. The van der Waals surface area contributed by atoms with Gasteiger partial charge >= 0.3 is 5.97 Å². The summed E-state index contributed by atoms with van der Waals surface area (Å²) in [4.78, 5) is 26.6. The first-order valence-corrected chi connectivity index (χ1v) is 8.29. The Balaban J connectivity index is 2.10. The number of benzene rings is 1. The van der Waals surface area contributed by atoms with Gasteiger partial charge in [-0.3, -0.25) is 9.59 Å². The zero-order valence-electron chi connectivity index (χ0n) is 12.0. The van der Waals surface area contributed by atoms with Crippen molar-refractivity contribution in [1.29, 1.82) is 0 Å². The highest BCUT2D eigenvalue weighted by atomic mass is 79.9. The number of aromatic nitrogens is 2. The molecule has 0 aliphatic rings. The molecule has 2 aromatic heterocycles. The van der Waals surface area contributed by atoms with E-state index in [1.54, 1.807) is 0 Å². The molecular weight excluding hydrogens is 398 g/mol. The average Bonchev–Trinajstić information content (AvgIpc) is 3.02. The maximum absolute atomic E-state index is 12.0. The molecule has 3 N–H and O–H groups in total. The van der Waals surface area contributed by atoms with Crippen LogP contribution < -0.4 is 5.32 Å². The maximum atomic E-state index is 12.0. The Morgan fingerprint density at radius 3 is 2.62 bits per heavy atom. The van der Waals surface area contributed by atoms with E-state index in [1.807, 2.05) is 30.3 Å². The quantitative estimate of drug-likeness (QED) is 0.573. The van der Waals surface area contributed by atoms with Gasteiger partial charge in [0.2, 0.25) is 0 Å². The number of amides is 1. The summed E-state index contributed by atoms with van der Waals surface area (Å²) in [6.07, 6.45) is 0. The second-order valence-corrected chi connectivity index (χ2v) is 6.30. The Morgan fingerprint density at radius 2 is 1.96 bits per heavy atom. The standard InChI is InChI=1S/C15H10BrN3O4S/c16-14-9-10(7-4-2-1-3-5-7)19-24-13(9)12(22)11(18-14)15(23)17-6-8(20)21/h1-5,22H,6H2,(H,17,23)(H,20,21). The molecule has 0 unspecified atom stereocenters. The number of pyridine rings is 1. The first-order chi connectivity index (χ1) is 11.5. The fourth-order valence-electron chi connectivity index (χ4n) is 2.15. The third-order valence-corrected chi connectivity index (χ3v) is 4.64. The zero-order chi connectivity index (χ0) is 17.3. The van der Waals surface area contributed by atoms with Gasteiger partial charge in [0.05, 0.1) is 11.1 Å². The third-order valence-electron chi connectivity index (χ3n) is 3.21. The molecule has 24 heavy (non-hydrogen) atoms. The third kappa shape index (κ3) is 2.95. The lowest BCUT2D eigenvalue weighted by Crippen LogP contribution is -2.30. The van der Waals surface area contributed by atoms with Gasteiger partial charge in [-0.25, -0.2) is 4.98 Å². The normalized spacial score (nSPS) is 10.7. The highest BCUT2D eigenvalue weighted by Crippen LogP contribution is 2.40.